The zero-order chi connectivity index (χ0) is 15.4. The van der Waals surface area contributed by atoms with Crippen LogP contribution in [0.2, 0.25) is 0 Å². The number of rotatable bonds is 8. The lowest BCUT2D eigenvalue weighted by Crippen LogP contribution is -2.31. The summed E-state index contributed by atoms with van der Waals surface area (Å²) in [5.41, 5.74) is 0.930. The molecule has 6 heteroatoms. The van der Waals surface area contributed by atoms with E-state index in [1.807, 2.05) is 17.0 Å². The topological polar surface area (TPSA) is 59.0 Å². The van der Waals surface area contributed by atoms with Crippen molar-refractivity contribution in [1.82, 2.24) is 4.90 Å². The SMILES string of the molecule is COc1cc(CN(CC(=O)O)CC2CC2)c(OC)cc1Br. The molecule has 0 heterocycles. The van der Waals surface area contributed by atoms with E-state index in [9.17, 15) is 4.79 Å². The monoisotopic (exact) mass is 357 g/mol. The normalized spacial score (nSPS) is 14.3. The number of carbonyl (C=O) groups is 1. The molecule has 1 aliphatic rings. The van der Waals surface area contributed by atoms with Crippen LogP contribution in [-0.2, 0) is 11.3 Å². The number of benzene rings is 1. The van der Waals surface area contributed by atoms with E-state index < -0.39 is 5.97 Å². The zero-order valence-electron chi connectivity index (χ0n) is 12.3. The summed E-state index contributed by atoms with van der Waals surface area (Å²) in [5.74, 6) is 1.27. The van der Waals surface area contributed by atoms with E-state index >= 15 is 0 Å². The molecule has 1 fully saturated rings. The summed E-state index contributed by atoms with van der Waals surface area (Å²) in [4.78, 5) is 13.0. The largest absolute Gasteiger partial charge is 0.496 e. The first-order valence-electron chi connectivity index (χ1n) is 6.88. The van der Waals surface area contributed by atoms with Crippen LogP contribution in [0.3, 0.4) is 0 Å². The van der Waals surface area contributed by atoms with E-state index in [1.165, 1.54) is 12.8 Å². The average Bonchev–Trinajstić information content (AvgIpc) is 3.23. The fourth-order valence-electron chi connectivity index (χ4n) is 2.33. The number of halogens is 1. The number of hydrogen-bond donors (Lipinski definition) is 1. The van der Waals surface area contributed by atoms with Crippen LogP contribution in [0, 0.1) is 5.92 Å². The first kappa shape index (κ1) is 16.1. The molecule has 0 bridgehead atoms. The van der Waals surface area contributed by atoms with E-state index in [0.717, 1.165) is 22.3 Å². The number of aliphatic carboxylic acids is 1. The molecule has 0 spiro atoms. The molecule has 1 saturated carbocycles. The van der Waals surface area contributed by atoms with Gasteiger partial charge in [0.1, 0.15) is 11.5 Å². The maximum absolute atomic E-state index is 11.0. The van der Waals surface area contributed by atoms with Gasteiger partial charge in [0.15, 0.2) is 0 Å². The second-order valence-electron chi connectivity index (χ2n) is 5.31. The molecule has 0 amide bonds. The van der Waals surface area contributed by atoms with Gasteiger partial charge in [0, 0.05) is 18.7 Å². The lowest BCUT2D eigenvalue weighted by Gasteiger charge is -2.22. The molecular weight excluding hydrogens is 338 g/mol. The van der Waals surface area contributed by atoms with Gasteiger partial charge in [0.05, 0.1) is 25.2 Å². The fraction of sp³-hybridized carbons (Fsp3) is 0.533. The van der Waals surface area contributed by atoms with Crippen molar-refractivity contribution in [3.05, 3.63) is 22.2 Å². The second kappa shape index (κ2) is 7.13. The van der Waals surface area contributed by atoms with Gasteiger partial charge >= 0.3 is 5.97 Å². The Morgan fingerprint density at radius 3 is 2.52 bits per heavy atom. The third-order valence-electron chi connectivity index (χ3n) is 3.52. The van der Waals surface area contributed by atoms with Crippen LogP contribution in [0.5, 0.6) is 11.5 Å². The van der Waals surface area contributed by atoms with Crippen molar-refractivity contribution < 1.29 is 19.4 Å². The predicted octanol–water partition coefficient (Wildman–Crippen LogP) is 2.76. The molecule has 0 aromatic heterocycles. The van der Waals surface area contributed by atoms with Crippen molar-refractivity contribution in [2.75, 3.05) is 27.3 Å². The lowest BCUT2D eigenvalue weighted by atomic mass is 10.1. The number of carboxylic acid groups (broad SMARTS) is 1. The molecule has 0 atom stereocenters. The Morgan fingerprint density at radius 2 is 2.00 bits per heavy atom. The summed E-state index contributed by atoms with van der Waals surface area (Å²) in [6.45, 7) is 1.39. The molecule has 0 saturated heterocycles. The van der Waals surface area contributed by atoms with Gasteiger partial charge in [-0.25, -0.2) is 0 Å². The summed E-state index contributed by atoms with van der Waals surface area (Å²) in [7, 11) is 3.22. The Kier molecular flexibility index (Phi) is 5.47. The molecule has 21 heavy (non-hydrogen) atoms. The Morgan fingerprint density at radius 1 is 1.33 bits per heavy atom. The second-order valence-corrected chi connectivity index (χ2v) is 6.16. The molecular formula is C15H20BrNO4. The van der Waals surface area contributed by atoms with Crippen LogP contribution >= 0.6 is 15.9 Å². The number of hydrogen-bond acceptors (Lipinski definition) is 4. The maximum Gasteiger partial charge on any atom is 0.317 e. The van der Waals surface area contributed by atoms with Gasteiger partial charge in [0.25, 0.3) is 0 Å². The van der Waals surface area contributed by atoms with Crippen LogP contribution in [0.25, 0.3) is 0 Å². The van der Waals surface area contributed by atoms with Crippen molar-refractivity contribution in [3.8, 4) is 11.5 Å². The molecule has 0 unspecified atom stereocenters. The third-order valence-corrected chi connectivity index (χ3v) is 4.14. The van der Waals surface area contributed by atoms with Crippen molar-refractivity contribution in [2.24, 2.45) is 5.92 Å². The van der Waals surface area contributed by atoms with Crippen LogP contribution < -0.4 is 9.47 Å². The first-order valence-corrected chi connectivity index (χ1v) is 7.67. The molecule has 2 rings (SSSR count). The van der Waals surface area contributed by atoms with Gasteiger partial charge in [-0.3, -0.25) is 9.69 Å². The van der Waals surface area contributed by atoms with Gasteiger partial charge in [-0.2, -0.15) is 0 Å². The number of carboxylic acids is 1. The molecule has 5 nitrogen and oxygen atoms in total. The highest BCUT2D eigenvalue weighted by atomic mass is 79.9. The van der Waals surface area contributed by atoms with Crippen molar-refractivity contribution in [3.63, 3.8) is 0 Å². The Hall–Kier alpha value is -1.27. The lowest BCUT2D eigenvalue weighted by molar-refractivity contribution is -0.138. The predicted molar refractivity (Wildman–Crippen MR) is 82.9 cm³/mol. The number of ether oxygens (including phenoxy) is 2. The Balaban J connectivity index is 2.18. The molecule has 1 aromatic rings. The van der Waals surface area contributed by atoms with Crippen LogP contribution in [0.15, 0.2) is 16.6 Å². The quantitative estimate of drug-likeness (QED) is 0.775. The molecule has 0 aliphatic heterocycles. The highest BCUT2D eigenvalue weighted by molar-refractivity contribution is 9.10. The van der Waals surface area contributed by atoms with E-state index in [0.29, 0.717) is 18.2 Å². The van der Waals surface area contributed by atoms with Crippen molar-refractivity contribution in [2.45, 2.75) is 19.4 Å². The summed E-state index contributed by atoms with van der Waals surface area (Å²) in [6.07, 6.45) is 2.38. The third kappa shape index (κ3) is 4.61. The highest BCUT2D eigenvalue weighted by Crippen LogP contribution is 2.35. The van der Waals surface area contributed by atoms with Crippen LogP contribution in [-0.4, -0.2) is 43.3 Å². The van der Waals surface area contributed by atoms with E-state index in [2.05, 4.69) is 15.9 Å². The van der Waals surface area contributed by atoms with Crippen LogP contribution in [0.1, 0.15) is 18.4 Å². The average molecular weight is 358 g/mol. The molecule has 116 valence electrons. The van der Waals surface area contributed by atoms with Gasteiger partial charge in [0.2, 0.25) is 0 Å². The minimum Gasteiger partial charge on any atom is -0.496 e. The standard InChI is InChI=1S/C15H20BrNO4/c1-20-13-6-12(16)14(21-2)5-11(13)8-17(9-15(18)19)7-10-3-4-10/h5-6,10H,3-4,7-9H2,1-2H3,(H,18,19). The van der Waals surface area contributed by atoms with E-state index in [1.54, 1.807) is 14.2 Å². The van der Waals surface area contributed by atoms with Crippen molar-refractivity contribution >= 4 is 21.9 Å². The summed E-state index contributed by atoms with van der Waals surface area (Å²) >= 11 is 3.43. The maximum atomic E-state index is 11.0. The number of methoxy groups -OCH3 is 2. The van der Waals surface area contributed by atoms with Crippen molar-refractivity contribution in [1.29, 1.82) is 0 Å². The van der Waals surface area contributed by atoms with Gasteiger partial charge in [-0.1, -0.05) is 0 Å². The molecule has 1 N–H and O–H groups in total. The minimum atomic E-state index is -0.807. The number of nitrogens with zero attached hydrogens (tertiary/aromatic N) is 1. The van der Waals surface area contributed by atoms with E-state index in [4.69, 9.17) is 14.6 Å². The van der Waals surface area contributed by atoms with Gasteiger partial charge in [-0.15, -0.1) is 0 Å². The minimum absolute atomic E-state index is 0.0397. The summed E-state index contributed by atoms with van der Waals surface area (Å²) in [6, 6.07) is 3.74. The first-order chi connectivity index (χ1) is 10.0. The van der Waals surface area contributed by atoms with E-state index in [-0.39, 0.29) is 6.54 Å². The molecule has 0 radical (unpaired) electrons. The van der Waals surface area contributed by atoms with Gasteiger partial charge < -0.3 is 14.6 Å². The molecule has 1 aliphatic carbocycles. The van der Waals surface area contributed by atoms with Gasteiger partial charge in [-0.05, 0) is 46.8 Å². The fourth-order valence-corrected chi connectivity index (χ4v) is 2.81. The zero-order valence-corrected chi connectivity index (χ0v) is 13.9. The highest BCUT2D eigenvalue weighted by Gasteiger charge is 2.26. The Labute approximate surface area is 133 Å². The summed E-state index contributed by atoms with van der Waals surface area (Å²) in [5, 5.41) is 9.06. The summed E-state index contributed by atoms with van der Waals surface area (Å²) < 4.78 is 11.5. The smallest absolute Gasteiger partial charge is 0.317 e. The van der Waals surface area contributed by atoms with Crippen LogP contribution in [0.4, 0.5) is 0 Å². The Bertz CT molecular complexity index is 517. The molecule has 1 aromatic carbocycles.